The van der Waals surface area contributed by atoms with E-state index in [4.69, 9.17) is 0 Å². The summed E-state index contributed by atoms with van der Waals surface area (Å²) in [7, 11) is 0. The Balaban J connectivity index is 2.27. The molecule has 1 heterocycles. The molecule has 0 aliphatic carbocycles. The van der Waals surface area contributed by atoms with Crippen molar-refractivity contribution in [3.8, 4) is 0 Å². The number of nitrogens with one attached hydrogen (secondary N) is 2. The molecule has 0 saturated heterocycles. The van der Waals surface area contributed by atoms with Crippen LogP contribution < -0.4 is 10.6 Å². The van der Waals surface area contributed by atoms with E-state index in [-0.39, 0.29) is 5.82 Å². The van der Waals surface area contributed by atoms with Crippen LogP contribution in [0.1, 0.15) is 20.3 Å². The highest BCUT2D eigenvalue weighted by Gasteiger charge is 2.18. The van der Waals surface area contributed by atoms with E-state index in [2.05, 4.69) is 24.5 Å². The van der Waals surface area contributed by atoms with E-state index < -0.39 is 0 Å². The molecule has 0 bridgehead atoms. The minimum atomic E-state index is -0.188. The molecule has 1 aromatic rings. The molecular formula is C12H17FN2. The van der Waals surface area contributed by atoms with Crippen LogP contribution in [0.3, 0.4) is 0 Å². The van der Waals surface area contributed by atoms with Gasteiger partial charge in [-0.15, -0.1) is 0 Å². The van der Waals surface area contributed by atoms with Crippen molar-refractivity contribution in [3.63, 3.8) is 0 Å². The average molecular weight is 208 g/mol. The molecule has 1 aromatic carbocycles. The lowest BCUT2D eigenvalue weighted by molar-refractivity contribution is 0.507. The highest BCUT2D eigenvalue weighted by atomic mass is 19.1. The SMILES string of the molecule is CC(C)C1CCNc2ccc(F)cc2N1. The molecule has 1 unspecified atom stereocenters. The van der Waals surface area contributed by atoms with E-state index in [1.165, 1.54) is 6.07 Å². The van der Waals surface area contributed by atoms with Crippen LogP contribution in [0.2, 0.25) is 0 Å². The normalized spacial score (nSPS) is 20.1. The fourth-order valence-electron chi connectivity index (χ4n) is 1.92. The van der Waals surface area contributed by atoms with Gasteiger partial charge in [0.15, 0.2) is 0 Å². The number of anilines is 2. The first-order valence-corrected chi connectivity index (χ1v) is 5.47. The number of fused-ring (bicyclic) bond motifs is 1. The Hall–Kier alpha value is -1.25. The van der Waals surface area contributed by atoms with Gasteiger partial charge >= 0.3 is 0 Å². The van der Waals surface area contributed by atoms with Crippen LogP contribution >= 0.6 is 0 Å². The van der Waals surface area contributed by atoms with Crippen LogP contribution in [0.5, 0.6) is 0 Å². The Morgan fingerprint density at radius 1 is 1.33 bits per heavy atom. The van der Waals surface area contributed by atoms with Gasteiger partial charge in [0.2, 0.25) is 0 Å². The number of hydrogen-bond acceptors (Lipinski definition) is 2. The predicted octanol–water partition coefficient (Wildman–Crippen LogP) is 3.08. The monoisotopic (exact) mass is 208 g/mol. The summed E-state index contributed by atoms with van der Waals surface area (Å²) in [6, 6.07) is 5.26. The van der Waals surface area contributed by atoms with Crippen molar-refractivity contribution in [2.75, 3.05) is 17.2 Å². The topological polar surface area (TPSA) is 24.1 Å². The van der Waals surface area contributed by atoms with Crippen molar-refractivity contribution in [2.45, 2.75) is 26.3 Å². The molecule has 0 radical (unpaired) electrons. The molecule has 0 amide bonds. The van der Waals surface area contributed by atoms with Crippen LogP contribution in [0.4, 0.5) is 15.8 Å². The van der Waals surface area contributed by atoms with Gasteiger partial charge in [0.25, 0.3) is 0 Å². The zero-order valence-corrected chi connectivity index (χ0v) is 9.18. The van der Waals surface area contributed by atoms with Crippen molar-refractivity contribution in [3.05, 3.63) is 24.0 Å². The fraction of sp³-hybridized carbons (Fsp3) is 0.500. The van der Waals surface area contributed by atoms with Gasteiger partial charge in [-0.3, -0.25) is 0 Å². The summed E-state index contributed by atoms with van der Waals surface area (Å²) in [5.41, 5.74) is 1.88. The average Bonchev–Trinajstić information content (AvgIpc) is 2.39. The molecule has 1 atom stereocenters. The quantitative estimate of drug-likeness (QED) is 0.741. The Morgan fingerprint density at radius 2 is 2.13 bits per heavy atom. The fourth-order valence-corrected chi connectivity index (χ4v) is 1.92. The van der Waals surface area contributed by atoms with Crippen LogP contribution in [-0.2, 0) is 0 Å². The van der Waals surface area contributed by atoms with Crippen molar-refractivity contribution in [1.29, 1.82) is 0 Å². The molecule has 1 aliphatic heterocycles. The van der Waals surface area contributed by atoms with Gasteiger partial charge in [-0.25, -0.2) is 4.39 Å². The van der Waals surface area contributed by atoms with Gasteiger partial charge in [0, 0.05) is 12.6 Å². The molecular weight excluding hydrogens is 191 g/mol. The van der Waals surface area contributed by atoms with Crippen molar-refractivity contribution in [1.82, 2.24) is 0 Å². The lowest BCUT2D eigenvalue weighted by Gasteiger charge is -2.21. The van der Waals surface area contributed by atoms with E-state index in [9.17, 15) is 4.39 Å². The third kappa shape index (κ3) is 2.22. The highest BCUT2D eigenvalue weighted by molar-refractivity contribution is 5.69. The molecule has 1 aliphatic rings. The Labute approximate surface area is 89.9 Å². The summed E-state index contributed by atoms with van der Waals surface area (Å²) in [4.78, 5) is 0. The molecule has 15 heavy (non-hydrogen) atoms. The number of benzene rings is 1. The van der Waals surface area contributed by atoms with E-state index in [0.29, 0.717) is 12.0 Å². The third-order valence-electron chi connectivity index (χ3n) is 2.90. The van der Waals surface area contributed by atoms with Gasteiger partial charge in [0.05, 0.1) is 11.4 Å². The van der Waals surface area contributed by atoms with Gasteiger partial charge in [-0.2, -0.15) is 0 Å². The van der Waals surface area contributed by atoms with Gasteiger partial charge in [-0.1, -0.05) is 13.8 Å². The lowest BCUT2D eigenvalue weighted by atomic mass is 10.0. The molecule has 2 nitrogen and oxygen atoms in total. The molecule has 82 valence electrons. The number of rotatable bonds is 1. The minimum Gasteiger partial charge on any atom is -0.383 e. The van der Waals surface area contributed by atoms with Crippen molar-refractivity contribution < 1.29 is 4.39 Å². The van der Waals surface area contributed by atoms with Gasteiger partial charge in [0.1, 0.15) is 5.82 Å². The summed E-state index contributed by atoms with van der Waals surface area (Å²) < 4.78 is 13.1. The molecule has 3 heteroatoms. The van der Waals surface area contributed by atoms with Crippen LogP contribution in [0.25, 0.3) is 0 Å². The summed E-state index contributed by atoms with van der Waals surface area (Å²) in [5.74, 6) is 0.369. The summed E-state index contributed by atoms with van der Waals surface area (Å²) in [6.07, 6.45) is 1.06. The first-order valence-electron chi connectivity index (χ1n) is 5.47. The second kappa shape index (κ2) is 4.09. The highest BCUT2D eigenvalue weighted by Crippen LogP contribution is 2.28. The molecule has 2 rings (SSSR count). The van der Waals surface area contributed by atoms with Crippen molar-refractivity contribution >= 4 is 11.4 Å². The standard InChI is InChI=1S/C12H17FN2/c1-8(2)10-5-6-14-11-4-3-9(13)7-12(11)15-10/h3-4,7-8,10,14-15H,5-6H2,1-2H3. The minimum absolute atomic E-state index is 0.188. The molecule has 0 saturated carbocycles. The second-order valence-corrected chi connectivity index (χ2v) is 4.40. The van der Waals surface area contributed by atoms with Crippen molar-refractivity contribution in [2.24, 2.45) is 5.92 Å². The Kier molecular flexibility index (Phi) is 2.80. The van der Waals surface area contributed by atoms with Crippen LogP contribution in [0.15, 0.2) is 18.2 Å². The smallest absolute Gasteiger partial charge is 0.125 e. The Bertz CT molecular complexity index is 349. The maximum atomic E-state index is 13.1. The first kappa shape index (κ1) is 10.3. The van der Waals surface area contributed by atoms with E-state index >= 15 is 0 Å². The number of halogens is 1. The van der Waals surface area contributed by atoms with E-state index in [1.807, 2.05) is 0 Å². The molecule has 2 N–H and O–H groups in total. The Morgan fingerprint density at radius 3 is 2.87 bits per heavy atom. The largest absolute Gasteiger partial charge is 0.383 e. The first-order chi connectivity index (χ1) is 7.16. The zero-order chi connectivity index (χ0) is 10.8. The molecule has 0 spiro atoms. The summed E-state index contributed by atoms with van der Waals surface area (Å²) in [6.45, 7) is 5.30. The van der Waals surface area contributed by atoms with E-state index in [1.54, 1.807) is 12.1 Å². The van der Waals surface area contributed by atoms with Crippen LogP contribution in [0, 0.1) is 11.7 Å². The molecule has 0 aromatic heterocycles. The van der Waals surface area contributed by atoms with Gasteiger partial charge < -0.3 is 10.6 Å². The second-order valence-electron chi connectivity index (χ2n) is 4.40. The maximum Gasteiger partial charge on any atom is 0.125 e. The lowest BCUT2D eigenvalue weighted by Crippen LogP contribution is -2.25. The zero-order valence-electron chi connectivity index (χ0n) is 9.18. The summed E-state index contributed by atoms with van der Waals surface area (Å²) in [5, 5.41) is 6.71. The predicted molar refractivity (Wildman–Crippen MR) is 61.8 cm³/mol. The van der Waals surface area contributed by atoms with Crippen LogP contribution in [-0.4, -0.2) is 12.6 Å². The molecule has 0 fully saturated rings. The summed E-state index contributed by atoms with van der Waals surface area (Å²) >= 11 is 0. The van der Waals surface area contributed by atoms with E-state index in [0.717, 1.165) is 24.3 Å². The van der Waals surface area contributed by atoms with Gasteiger partial charge in [-0.05, 0) is 30.5 Å². The third-order valence-corrected chi connectivity index (χ3v) is 2.90. The maximum absolute atomic E-state index is 13.1. The number of hydrogen-bond donors (Lipinski definition) is 2.